The van der Waals surface area contributed by atoms with Gasteiger partial charge in [-0.05, 0) is 48.9 Å². The van der Waals surface area contributed by atoms with Gasteiger partial charge in [0.1, 0.15) is 0 Å². The first-order valence-electron chi connectivity index (χ1n) is 8.96. The lowest BCUT2D eigenvalue weighted by atomic mass is 9.90. The van der Waals surface area contributed by atoms with E-state index in [2.05, 4.69) is 18.7 Å². The van der Waals surface area contributed by atoms with Crippen LogP contribution >= 0.6 is 0 Å². The van der Waals surface area contributed by atoms with Gasteiger partial charge in [0.05, 0.1) is 0 Å². The molecule has 1 aliphatic rings. The van der Waals surface area contributed by atoms with E-state index in [1.165, 1.54) is 6.42 Å². The molecule has 1 aliphatic heterocycles. The predicted octanol–water partition coefficient (Wildman–Crippen LogP) is 3.48. The molecule has 134 valence electrons. The number of nitrogens with zero attached hydrogens (tertiary/aromatic N) is 3. The minimum Gasteiger partial charge on any atom is -0.378 e. The first-order chi connectivity index (χ1) is 11.3. The van der Waals surface area contributed by atoms with E-state index in [4.69, 9.17) is 0 Å². The average molecular weight is 333 g/mol. The molecule has 0 amide bonds. The number of hydrogen-bond donors (Lipinski definition) is 0. The summed E-state index contributed by atoms with van der Waals surface area (Å²) >= 11 is 0. The number of nitro groups is 1. The Morgan fingerprint density at radius 1 is 1.21 bits per heavy atom. The fourth-order valence-electron chi connectivity index (χ4n) is 3.90. The molecule has 1 aromatic carbocycles. The molecule has 0 unspecified atom stereocenters. The summed E-state index contributed by atoms with van der Waals surface area (Å²) < 4.78 is 0. The molecule has 0 saturated carbocycles. The van der Waals surface area contributed by atoms with Crippen LogP contribution in [0.2, 0.25) is 0 Å². The van der Waals surface area contributed by atoms with Crippen molar-refractivity contribution in [1.82, 2.24) is 4.90 Å². The quantitative estimate of drug-likeness (QED) is 0.566. The summed E-state index contributed by atoms with van der Waals surface area (Å²) in [5.74, 6) is 1.44. The molecule has 5 heteroatoms. The average Bonchev–Trinajstić information content (AvgIpc) is 2.50. The fraction of sp³-hybridized carbons (Fsp3) is 0.684. The Bertz CT molecular complexity index is 520. The molecule has 0 spiro atoms. The van der Waals surface area contributed by atoms with E-state index in [0.29, 0.717) is 0 Å². The van der Waals surface area contributed by atoms with Crippen molar-refractivity contribution >= 4 is 5.69 Å². The van der Waals surface area contributed by atoms with E-state index in [0.717, 1.165) is 49.1 Å². The van der Waals surface area contributed by atoms with Crippen molar-refractivity contribution in [3.8, 4) is 0 Å². The summed E-state index contributed by atoms with van der Waals surface area (Å²) in [7, 11) is 4.00. The maximum absolute atomic E-state index is 11.1. The zero-order valence-electron chi connectivity index (χ0n) is 15.4. The number of rotatable bonds is 7. The lowest BCUT2D eigenvalue weighted by Gasteiger charge is -2.35. The van der Waals surface area contributed by atoms with E-state index in [1.54, 1.807) is 0 Å². The van der Waals surface area contributed by atoms with Crippen LogP contribution in [0.4, 0.5) is 5.69 Å². The van der Waals surface area contributed by atoms with E-state index in [9.17, 15) is 10.1 Å². The Hall–Kier alpha value is -1.62. The molecule has 5 nitrogen and oxygen atoms in total. The predicted molar refractivity (Wildman–Crippen MR) is 99.4 cm³/mol. The Balaban J connectivity index is 2.01. The van der Waals surface area contributed by atoms with Gasteiger partial charge in [-0.3, -0.25) is 10.1 Å². The Morgan fingerprint density at radius 2 is 1.79 bits per heavy atom. The molecular weight excluding hydrogens is 302 g/mol. The second-order valence-corrected chi connectivity index (χ2v) is 7.69. The van der Waals surface area contributed by atoms with Crippen LogP contribution in [0.25, 0.3) is 0 Å². The first-order valence-corrected chi connectivity index (χ1v) is 8.96. The van der Waals surface area contributed by atoms with Crippen molar-refractivity contribution in [3.63, 3.8) is 0 Å². The van der Waals surface area contributed by atoms with Gasteiger partial charge in [0.2, 0.25) is 6.54 Å². The molecule has 1 heterocycles. The first kappa shape index (κ1) is 18.7. The van der Waals surface area contributed by atoms with E-state index >= 15 is 0 Å². The minimum absolute atomic E-state index is 0.0104. The van der Waals surface area contributed by atoms with Gasteiger partial charge in [0, 0.05) is 43.7 Å². The van der Waals surface area contributed by atoms with Crippen LogP contribution in [0, 0.1) is 22.0 Å². The third kappa shape index (κ3) is 5.48. The number of benzene rings is 1. The van der Waals surface area contributed by atoms with Crippen LogP contribution in [0.5, 0.6) is 0 Å². The highest BCUT2D eigenvalue weighted by molar-refractivity contribution is 5.46. The van der Waals surface area contributed by atoms with Gasteiger partial charge in [-0.25, -0.2) is 0 Å². The van der Waals surface area contributed by atoms with Gasteiger partial charge in [0.25, 0.3) is 0 Å². The zero-order valence-corrected chi connectivity index (χ0v) is 15.4. The highest BCUT2D eigenvalue weighted by atomic mass is 16.6. The Labute approximate surface area is 145 Å². The smallest absolute Gasteiger partial charge is 0.210 e. The second-order valence-electron chi connectivity index (χ2n) is 7.69. The van der Waals surface area contributed by atoms with Crippen molar-refractivity contribution in [2.24, 2.45) is 11.8 Å². The maximum Gasteiger partial charge on any atom is 0.210 e. The monoisotopic (exact) mass is 333 g/mol. The van der Waals surface area contributed by atoms with Gasteiger partial charge in [-0.15, -0.1) is 0 Å². The molecular formula is C19H31N3O2. The number of hydrogen-bond acceptors (Lipinski definition) is 4. The summed E-state index contributed by atoms with van der Waals surface area (Å²) in [5.41, 5.74) is 2.20. The molecule has 24 heavy (non-hydrogen) atoms. The second kappa shape index (κ2) is 8.47. The Kier molecular flexibility index (Phi) is 6.60. The molecule has 0 bridgehead atoms. The van der Waals surface area contributed by atoms with Crippen molar-refractivity contribution in [3.05, 3.63) is 39.9 Å². The molecule has 0 aliphatic carbocycles. The van der Waals surface area contributed by atoms with Crippen LogP contribution in [0.15, 0.2) is 24.3 Å². The molecule has 1 fully saturated rings. The van der Waals surface area contributed by atoms with Crippen LogP contribution < -0.4 is 4.90 Å². The molecule has 1 saturated heterocycles. The largest absolute Gasteiger partial charge is 0.378 e. The molecule has 0 aromatic heterocycles. The number of anilines is 1. The standard InChI is InChI=1S/C19H31N3O2/c1-15-11-16(2)13-21(12-15)10-9-18(14-22(23)24)17-5-7-19(8-6-17)20(3)4/h5-8,15-16,18H,9-14H2,1-4H3/t15-,16-,18-/m0/s1. The molecule has 3 atom stereocenters. The SMILES string of the molecule is C[C@H]1C[C@H](C)CN(CC[C@@H](C[N+](=O)[O-])c2ccc(N(C)C)cc2)C1. The van der Waals surface area contributed by atoms with Crippen LogP contribution in [0.1, 0.15) is 38.2 Å². The third-order valence-electron chi connectivity index (χ3n) is 4.99. The third-order valence-corrected chi connectivity index (χ3v) is 4.99. The van der Waals surface area contributed by atoms with Crippen molar-refractivity contribution in [2.75, 3.05) is 45.2 Å². The molecule has 2 rings (SSSR count). The van der Waals surface area contributed by atoms with Gasteiger partial charge in [0.15, 0.2) is 0 Å². The normalized spacial score (nSPS) is 23.0. The van der Waals surface area contributed by atoms with E-state index in [1.807, 2.05) is 43.3 Å². The summed E-state index contributed by atoms with van der Waals surface area (Å²) in [4.78, 5) is 15.5. The minimum atomic E-state index is -0.175. The van der Waals surface area contributed by atoms with Crippen LogP contribution in [-0.4, -0.2) is 50.1 Å². The van der Waals surface area contributed by atoms with E-state index < -0.39 is 0 Å². The van der Waals surface area contributed by atoms with Crippen molar-refractivity contribution < 1.29 is 4.92 Å². The maximum atomic E-state index is 11.1. The lowest BCUT2D eigenvalue weighted by Crippen LogP contribution is -2.39. The molecule has 1 aromatic rings. The zero-order chi connectivity index (χ0) is 17.7. The summed E-state index contributed by atoms with van der Waals surface area (Å²) in [6.07, 6.45) is 2.14. The van der Waals surface area contributed by atoms with Crippen molar-refractivity contribution in [2.45, 2.75) is 32.6 Å². The highest BCUT2D eigenvalue weighted by Crippen LogP contribution is 2.26. The van der Waals surface area contributed by atoms with Crippen molar-refractivity contribution in [1.29, 1.82) is 0 Å². The Morgan fingerprint density at radius 3 is 2.29 bits per heavy atom. The van der Waals surface area contributed by atoms with E-state index in [-0.39, 0.29) is 17.4 Å². The number of likely N-dealkylation sites (tertiary alicyclic amines) is 1. The summed E-state index contributed by atoms with van der Waals surface area (Å²) in [6.45, 7) is 7.81. The van der Waals surface area contributed by atoms with Gasteiger partial charge < -0.3 is 9.80 Å². The topological polar surface area (TPSA) is 49.6 Å². The summed E-state index contributed by atoms with van der Waals surface area (Å²) in [6, 6.07) is 8.19. The van der Waals surface area contributed by atoms with Crippen LogP contribution in [-0.2, 0) is 0 Å². The molecule has 0 N–H and O–H groups in total. The molecule has 0 radical (unpaired) electrons. The van der Waals surface area contributed by atoms with Gasteiger partial charge in [-0.1, -0.05) is 26.0 Å². The lowest BCUT2D eigenvalue weighted by molar-refractivity contribution is -0.483. The fourth-order valence-corrected chi connectivity index (χ4v) is 3.90. The highest BCUT2D eigenvalue weighted by Gasteiger charge is 2.24. The number of piperidine rings is 1. The van der Waals surface area contributed by atoms with Gasteiger partial charge in [-0.2, -0.15) is 0 Å². The van der Waals surface area contributed by atoms with Gasteiger partial charge >= 0.3 is 0 Å². The summed E-state index contributed by atoms with van der Waals surface area (Å²) in [5, 5.41) is 11.1. The van der Waals surface area contributed by atoms with Crippen LogP contribution in [0.3, 0.4) is 0 Å².